The van der Waals surface area contributed by atoms with Crippen molar-refractivity contribution in [2.75, 3.05) is 0 Å². The van der Waals surface area contributed by atoms with Gasteiger partial charge in [-0.2, -0.15) is 5.48 Å². The topological polar surface area (TPSA) is 39.1 Å². The van der Waals surface area contributed by atoms with Crippen LogP contribution in [0.3, 0.4) is 0 Å². The summed E-state index contributed by atoms with van der Waals surface area (Å²) >= 11 is 0. The minimum atomic E-state index is 0.419. The monoisotopic (exact) mass is 223 g/mol. The van der Waals surface area contributed by atoms with E-state index in [1.165, 1.54) is 31.4 Å². The lowest BCUT2D eigenvalue weighted by Crippen LogP contribution is -2.22. The molecule has 4 nitrogen and oxygen atoms in total. The van der Waals surface area contributed by atoms with Crippen molar-refractivity contribution in [2.24, 2.45) is 0 Å². The molecule has 0 saturated heterocycles. The van der Waals surface area contributed by atoms with Gasteiger partial charge >= 0.3 is 0 Å². The van der Waals surface area contributed by atoms with Gasteiger partial charge in [0.1, 0.15) is 0 Å². The number of hydrogen-bond acceptors (Lipinski definition) is 3. The molecule has 0 radical (unpaired) electrons. The molecule has 0 aromatic carbocycles. The summed E-state index contributed by atoms with van der Waals surface area (Å²) in [4.78, 5) is 9.78. The molecule has 0 aliphatic heterocycles. The van der Waals surface area contributed by atoms with Gasteiger partial charge in [0.2, 0.25) is 0 Å². The first-order valence-electron chi connectivity index (χ1n) is 6.27. The van der Waals surface area contributed by atoms with Crippen LogP contribution < -0.4 is 5.48 Å². The van der Waals surface area contributed by atoms with Crippen LogP contribution >= 0.6 is 0 Å². The first-order chi connectivity index (χ1) is 7.90. The molecule has 2 rings (SSSR count). The molecule has 1 N–H and O–H groups in total. The van der Waals surface area contributed by atoms with Crippen molar-refractivity contribution in [1.29, 1.82) is 0 Å². The van der Waals surface area contributed by atoms with Crippen LogP contribution in [0.25, 0.3) is 0 Å². The molecule has 1 aliphatic rings. The summed E-state index contributed by atoms with van der Waals surface area (Å²) in [5, 5.41) is 0. The Morgan fingerprint density at radius 2 is 2.31 bits per heavy atom. The third kappa shape index (κ3) is 3.06. The summed E-state index contributed by atoms with van der Waals surface area (Å²) in [5.41, 5.74) is 4.26. The van der Waals surface area contributed by atoms with Crippen molar-refractivity contribution in [3.8, 4) is 0 Å². The van der Waals surface area contributed by atoms with E-state index in [2.05, 4.69) is 22.0 Å². The second-order valence-corrected chi connectivity index (χ2v) is 4.42. The van der Waals surface area contributed by atoms with Crippen LogP contribution in [0, 0.1) is 0 Å². The predicted octanol–water partition coefficient (Wildman–Crippen LogP) is 2.26. The normalized spacial score (nSPS) is 17.1. The molecule has 0 atom stereocenters. The van der Waals surface area contributed by atoms with Crippen LogP contribution in [0.5, 0.6) is 0 Å². The molecule has 1 fully saturated rings. The lowest BCUT2D eigenvalue weighted by molar-refractivity contribution is -0.0253. The molecule has 90 valence electrons. The second kappa shape index (κ2) is 6.01. The van der Waals surface area contributed by atoms with E-state index in [0.29, 0.717) is 6.10 Å². The molecule has 0 spiro atoms. The van der Waals surface area contributed by atoms with Gasteiger partial charge in [0.05, 0.1) is 24.7 Å². The van der Waals surface area contributed by atoms with Gasteiger partial charge in [0.25, 0.3) is 0 Å². The molecule has 4 heteroatoms. The van der Waals surface area contributed by atoms with Crippen molar-refractivity contribution in [3.05, 3.63) is 18.2 Å². The number of imidazole rings is 1. The van der Waals surface area contributed by atoms with Crippen LogP contribution in [0.2, 0.25) is 0 Å². The Kier molecular flexibility index (Phi) is 4.36. The highest BCUT2D eigenvalue weighted by atomic mass is 16.7. The Labute approximate surface area is 97.0 Å². The van der Waals surface area contributed by atoms with E-state index in [0.717, 1.165) is 19.5 Å². The summed E-state index contributed by atoms with van der Waals surface area (Å²) in [7, 11) is 0. The van der Waals surface area contributed by atoms with E-state index in [1.807, 2.05) is 12.5 Å². The van der Waals surface area contributed by atoms with Crippen LogP contribution in [0.15, 0.2) is 12.5 Å². The van der Waals surface area contributed by atoms with Gasteiger partial charge in [-0.25, -0.2) is 4.98 Å². The van der Waals surface area contributed by atoms with E-state index in [4.69, 9.17) is 4.84 Å². The molecular formula is C12H21N3O. The number of nitrogens with zero attached hydrogens (tertiary/aromatic N) is 2. The quantitative estimate of drug-likeness (QED) is 0.752. The summed E-state index contributed by atoms with van der Waals surface area (Å²) in [6, 6.07) is 0. The average Bonchev–Trinajstić information content (AvgIpc) is 2.91. The maximum Gasteiger partial charge on any atom is 0.0948 e. The van der Waals surface area contributed by atoms with Crippen molar-refractivity contribution >= 4 is 0 Å². The van der Waals surface area contributed by atoms with Gasteiger partial charge in [-0.15, -0.1) is 0 Å². The molecule has 0 bridgehead atoms. The number of rotatable bonds is 6. The summed E-state index contributed by atoms with van der Waals surface area (Å²) in [5.74, 6) is 0. The largest absolute Gasteiger partial charge is 0.333 e. The Bertz CT molecular complexity index is 305. The van der Waals surface area contributed by atoms with E-state index < -0.39 is 0 Å². The Hall–Kier alpha value is -0.870. The van der Waals surface area contributed by atoms with Crippen molar-refractivity contribution < 1.29 is 4.84 Å². The fourth-order valence-electron chi connectivity index (χ4n) is 2.18. The van der Waals surface area contributed by atoms with Crippen LogP contribution in [0.1, 0.15) is 44.7 Å². The van der Waals surface area contributed by atoms with E-state index in [-0.39, 0.29) is 0 Å². The first-order valence-corrected chi connectivity index (χ1v) is 6.27. The average molecular weight is 223 g/mol. The van der Waals surface area contributed by atoms with Crippen LogP contribution in [-0.4, -0.2) is 15.7 Å². The van der Waals surface area contributed by atoms with Gasteiger partial charge < -0.3 is 4.57 Å². The molecule has 1 saturated carbocycles. The minimum absolute atomic E-state index is 0.419. The van der Waals surface area contributed by atoms with Crippen LogP contribution in [-0.2, 0) is 17.9 Å². The number of hydrogen-bond donors (Lipinski definition) is 1. The zero-order chi connectivity index (χ0) is 11.2. The third-order valence-electron chi connectivity index (χ3n) is 3.07. The zero-order valence-electron chi connectivity index (χ0n) is 9.98. The molecule has 16 heavy (non-hydrogen) atoms. The van der Waals surface area contributed by atoms with Gasteiger partial charge in [-0.05, 0) is 19.3 Å². The summed E-state index contributed by atoms with van der Waals surface area (Å²) < 4.78 is 2.17. The van der Waals surface area contributed by atoms with Crippen LogP contribution in [0.4, 0.5) is 0 Å². The Balaban J connectivity index is 1.73. The van der Waals surface area contributed by atoms with Gasteiger partial charge in [0.15, 0.2) is 0 Å². The van der Waals surface area contributed by atoms with Crippen molar-refractivity contribution in [2.45, 2.75) is 58.2 Å². The SMILES string of the molecule is CCCn1cncc1CNOC1CCCC1. The highest BCUT2D eigenvalue weighted by Crippen LogP contribution is 2.19. The Morgan fingerprint density at radius 1 is 1.50 bits per heavy atom. The smallest absolute Gasteiger partial charge is 0.0948 e. The number of aryl methyl sites for hydroxylation is 1. The maximum atomic E-state index is 5.62. The number of hydroxylamine groups is 1. The minimum Gasteiger partial charge on any atom is -0.333 e. The van der Waals surface area contributed by atoms with Crippen molar-refractivity contribution in [1.82, 2.24) is 15.0 Å². The fourth-order valence-corrected chi connectivity index (χ4v) is 2.18. The van der Waals surface area contributed by atoms with E-state index >= 15 is 0 Å². The van der Waals surface area contributed by atoms with Gasteiger partial charge in [-0.3, -0.25) is 4.84 Å². The molecule has 1 heterocycles. The molecular weight excluding hydrogens is 202 g/mol. The standard InChI is InChI=1S/C12H21N3O/c1-2-7-15-10-13-8-11(15)9-14-16-12-5-3-4-6-12/h8,10,12,14H,2-7,9H2,1H3. The highest BCUT2D eigenvalue weighted by Gasteiger charge is 2.15. The predicted molar refractivity (Wildman–Crippen MR) is 62.7 cm³/mol. The number of aromatic nitrogens is 2. The summed E-state index contributed by atoms with van der Waals surface area (Å²) in [6.07, 6.45) is 10.3. The van der Waals surface area contributed by atoms with Gasteiger partial charge in [0, 0.05) is 12.7 Å². The lowest BCUT2D eigenvalue weighted by atomic mass is 10.3. The molecule has 0 unspecified atom stereocenters. The third-order valence-corrected chi connectivity index (χ3v) is 3.07. The summed E-state index contributed by atoms with van der Waals surface area (Å²) in [6.45, 7) is 3.95. The molecule has 1 aromatic rings. The molecule has 1 aromatic heterocycles. The first kappa shape index (κ1) is 11.6. The van der Waals surface area contributed by atoms with Gasteiger partial charge in [-0.1, -0.05) is 19.8 Å². The van der Waals surface area contributed by atoms with Crippen molar-refractivity contribution in [3.63, 3.8) is 0 Å². The fraction of sp³-hybridized carbons (Fsp3) is 0.750. The Morgan fingerprint density at radius 3 is 3.06 bits per heavy atom. The molecule has 1 aliphatic carbocycles. The second-order valence-electron chi connectivity index (χ2n) is 4.42. The maximum absolute atomic E-state index is 5.62. The molecule has 0 amide bonds. The van der Waals surface area contributed by atoms with E-state index in [9.17, 15) is 0 Å². The lowest BCUT2D eigenvalue weighted by Gasteiger charge is -2.12. The number of nitrogens with one attached hydrogen (secondary N) is 1. The zero-order valence-corrected chi connectivity index (χ0v) is 9.98. The van der Waals surface area contributed by atoms with E-state index in [1.54, 1.807) is 0 Å². The highest BCUT2D eigenvalue weighted by molar-refractivity contribution is 4.97.